The molecule has 0 spiro atoms. The molecule has 3 rings (SSSR count). The van der Waals surface area contributed by atoms with Gasteiger partial charge in [0.05, 0.1) is 5.41 Å². The van der Waals surface area contributed by atoms with Crippen LogP contribution in [0.3, 0.4) is 0 Å². The van der Waals surface area contributed by atoms with E-state index in [1.165, 1.54) is 0 Å². The summed E-state index contributed by atoms with van der Waals surface area (Å²) in [4.78, 5) is 13.9. The van der Waals surface area contributed by atoms with E-state index in [1.54, 1.807) is 4.90 Å². The number of rotatable bonds is 2. The van der Waals surface area contributed by atoms with Gasteiger partial charge in [0, 0.05) is 12.7 Å². The maximum atomic E-state index is 12.2. The maximum absolute atomic E-state index is 12.2. The molecule has 1 heterocycles. The van der Waals surface area contributed by atoms with Gasteiger partial charge in [-0.15, -0.1) is 0 Å². The number of hydrogen-bond acceptors (Lipinski definition) is 2. The van der Waals surface area contributed by atoms with Crippen molar-refractivity contribution >= 4 is 11.6 Å². The average Bonchev–Trinajstić information content (AvgIpc) is 2.62. The van der Waals surface area contributed by atoms with Crippen LogP contribution in [0, 0.1) is 0 Å². The Morgan fingerprint density at radius 1 is 1.00 bits per heavy atom. The zero-order valence-electron chi connectivity index (χ0n) is 11.9. The van der Waals surface area contributed by atoms with E-state index in [2.05, 4.69) is 0 Å². The molecule has 0 unspecified atom stereocenters. The molecule has 0 saturated heterocycles. The van der Waals surface area contributed by atoms with Crippen LogP contribution < -0.4 is 9.64 Å². The number of ether oxygens (including phenoxy) is 1. The lowest BCUT2D eigenvalue weighted by Crippen LogP contribution is -2.33. The zero-order valence-corrected chi connectivity index (χ0v) is 11.9. The Balaban J connectivity index is 1.99. The van der Waals surface area contributed by atoms with Crippen LogP contribution >= 0.6 is 0 Å². The van der Waals surface area contributed by atoms with Gasteiger partial charge in [0.15, 0.2) is 0 Å². The molecule has 0 atom stereocenters. The van der Waals surface area contributed by atoms with Crippen LogP contribution in [0.4, 0.5) is 5.69 Å². The third-order valence-electron chi connectivity index (χ3n) is 3.82. The van der Waals surface area contributed by atoms with Crippen LogP contribution in [-0.2, 0) is 10.2 Å². The van der Waals surface area contributed by atoms with Gasteiger partial charge in [-0.3, -0.25) is 4.79 Å². The smallest absolute Gasteiger partial charge is 0.236 e. The quantitative estimate of drug-likeness (QED) is 0.829. The van der Waals surface area contributed by atoms with Crippen molar-refractivity contribution in [2.75, 3.05) is 11.9 Å². The number of benzene rings is 2. The average molecular weight is 267 g/mol. The van der Waals surface area contributed by atoms with E-state index in [-0.39, 0.29) is 5.91 Å². The van der Waals surface area contributed by atoms with Gasteiger partial charge in [-0.05, 0) is 49.7 Å². The highest BCUT2D eigenvalue weighted by molar-refractivity contribution is 6.07. The van der Waals surface area contributed by atoms with Crippen molar-refractivity contribution in [2.24, 2.45) is 0 Å². The van der Waals surface area contributed by atoms with E-state index in [4.69, 9.17) is 4.74 Å². The number of fused-ring (bicyclic) bond motifs is 1. The van der Waals surface area contributed by atoms with Crippen molar-refractivity contribution in [2.45, 2.75) is 19.3 Å². The Morgan fingerprint density at radius 2 is 1.70 bits per heavy atom. The fourth-order valence-electron chi connectivity index (χ4n) is 2.64. The molecule has 0 bridgehead atoms. The van der Waals surface area contributed by atoms with Crippen molar-refractivity contribution in [1.82, 2.24) is 0 Å². The second-order valence-electron chi connectivity index (χ2n) is 5.58. The summed E-state index contributed by atoms with van der Waals surface area (Å²) in [6.07, 6.45) is 0. The molecule has 0 N–H and O–H groups in total. The lowest BCUT2D eigenvalue weighted by molar-refractivity contribution is -0.121. The topological polar surface area (TPSA) is 29.5 Å². The van der Waals surface area contributed by atoms with E-state index >= 15 is 0 Å². The molecule has 2 aromatic rings. The summed E-state index contributed by atoms with van der Waals surface area (Å²) in [6.45, 7) is 3.90. The van der Waals surface area contributed by atoms with Crippen LogP contribution in [0.25, 0.3) is 0 Å². The first kappa shape index (κ1) is 12.7. The van der Waals surface area contributed by atoms with Gasteiger partial charge in [-0.1, -0.05) is 18.2 Å². The monoisotopic (exact) mass is 267 g/mol. The fourth-order valence-corrected chi connectivity index (χ4v) is 2.64. The second-order valence-corrected chi connectivity index (χ2v) is 5.58. The number of likely N-dealkylation sites (N-methyl/N-ethyl adjacent to an activating group) is 1. The molecule has 1 aliphatic heterocycles. The zero-order chi connectivity index (χ0) is 14.3. The molecule has 0 aromatic heterocycles. The number of para-hydroxylation sites is 1. The van der Waals surface area contributed by atoms with E-state index < -0.39 is 5.41 Å². The van der Waals surface area contributed by atoms with E-state index in [9.17, 15) is 4.79 Å². The third kappa shape index (κ3) is 1.86. The first-order valence-corrected chi connectivity index (χ1v) is 6.66. The molecular formula is C17H17NO2. The second kappa shape index (κ2) is 4.37. The Hall–Kier alpha value is -2.29. The lowest BCUT2D eigenvalue weighted by atomic mass is 9.86. The molecule has 1 amide bonds. The standard InChI is InChI=1S/C17H17NO2/c1-17(2)14-11-13(20-12-7-5-4-6-8-12)9-10-15(14)18(3)16(17)19/h4-11H,1-3H3. The molecule has 0 radical (unpaired) electrons. The van der Waals surface area contributed by atoms with Gasteiger partial charge in [0.1, 0.15) is 11.5 Å². The highest BCUT2D eigenvalue weighted by Crippen LogP contribution is 2.42. The summed E-state index contributed by atoms with van der Waals surface area (Å²) in [5, 5.41) is 0. The van der Waals surface area contributed by atoms with Gasteiger partial charge < -0.3 is 9.64 Å². The summed E-state index contributed by atoms with van der Waals surface area (Å²) < 4.78 is 5.84. The van der Waals surface area contributed by atoms with Crippen LogP contribution in [-0.4, -0.2) is 13.0 Å². The minimum atomic E-state index is -0.500. The first-order chi connectivity index (χ1) is 9.50. The molecule has 102 valence electrons. The van der Waals surface area contributed by atoms with Gasteiger partial charge >= 0.3 is 0 Å². The highest BCUT2D eigenvalue weighted by Gasteiger charge is 2.42. The number of carbonyl (C=O) groups excluding carboxylic acids is 1. The Bertz CT molecular complexity index is 662. The molecule has 3 heteroatoms. The fraction of sp³-hybridized carbons (Fsp3) is 0.235. The predicted molar refractivity (Wildman–Crippen MR) is 79.4 cm³/mol. The summed E-state index contributed by atoms with van der Waals surface area (Å²) in [7, 11) is 1.81. The number of hydrogen-bond donors (Lipinski definition) is 0. The minimum absolute atomic E-state index is 0.115. The highest BCUT2D eigenvalue weighted by atomic mass is 16.5. The van der Waals surface area contributed by atoms with Crippen LogP contribution in [0.5, 0.6) is 11.5 Å². The van der Waals surface area contributed by atoms with E-state index in [0.29, 0.717) is 0 Å². The normalized spacial score (nSPS) is 16.1. The number of amides is 1. The molecule has 3 nitrogen and oxygen atoms in total. The van der Waals surface area contributed by atoms with Crippen molar-refractivity contribution in [3.05, 3.63) is 54.1 Å². The van der Waals surface area contributed by atoms with Crippen molar-refractivity contribution in [3.8, 4) is 11.5 Å². The Kier molecular flexibility index (Phi) is 2.78. The van der Waals surface area contributed by atoms with Gasteiger partial charge in [-0.2, -0.15) is 0 Å². The largest absolute Gasteiger partial charge is 0.457 e. The molecule has 0 fully saturated rings. The third-order valence-corrected chi connectivity index (χ3v) is 3.82. The van der Waals surface area contributed by atoms with Crippen LogP contribution in [0.1, 0.15) is 19.4 Å². The van der Waals surface area contributed by atoms with Crippen LogP contribution in [0.15, 0.2) is 48.5 Å². The first-order valence-electron chi connectivity index (χ1n) is 6.66. The molecule has 20 heavy (non-hydrogen) atoms. The molecule has 1 aliphatic rings. The Labute approximate surface area is 118 Å². The SMILES string of the molecule is CN1C(=O)C(C)(C)c2cc(Oc3ccccc3)ccc21. The van der Waals surface area contributed by atoms with E-state index in [0.717, 1.165) is 22.7 Å². The van der Waals surface area contributed by atoms with Crippen molar-refractivity contribution < 1.29 is 9.53 Å². The Morgan fingerprint density at radius 3 is 2.40 bits per heavy atom. The van der Waals surface area contributed by atoms with E-state index in [1.807, 2.05) is 69.4 Å². The molecular weight excluding hydrogens is 250 g/mol. The number of anilines is 1. The maximum Gasteiger partial charge on any atom is 0.236 e. The van der Waals surface area contributed by atoms with Gasteiger partial charge in [0.2, 0.25) is 5.91 Å². The van der Waals surface area contributed by atoms with Crippen molar-refractivity contribution in [3.63, 3.8) is 0 Å². The molecule has 0 aliphatic carbocycles. The summed E-state index contributed by atoms with van der Waals surface area (Å²) in [5.41, 5.74) is 1.47. The predicted octanol–water partition coefficient (Wildman–Crippen LogP) is 3.73. The molecule has 0 saturated carbocycles. The van der Waals surface area contributed by atoms with Crippen LogP contribution in [0.2, 0.25) is 0 Å². The number of carbonyl (C=O) groups is 1. The number of nitrogens with zero attached hydrogens (tertiary/aromatic N) is 1. The summed E-state index contributed by atoms with van der Waals surface area (Å²) in [6, 6.07) is 15.5. The lowest BCUT2D eigenvalue weighted by Gasteiger charge is -2.16. The van der Waals surface area contributed by atoms with Crippen molar-refractivity contribution in [1.29, 1.82) is 0 Å². The minimum Gasteiger partial charge on any atom is -0.457 e. The van der Waals surface area contributed by atoms with Gasteiger partial charge in [0.25, 0.3) is 0 Å². The van der Waals surface area contributed by atoms with Gasteiger partial charge in [-0.25, -0.2) is 0 Å². The summed E-state index contributed by atoms with van der Waals surface area (Å²) >= 11 is 0. The molecule has 2 aromatic carbocycles. The summed E-state index contributed by atoms with van der Waals surface area (Å²) in [5.74, 6) is 1.67.